The molecule has 0 saturated heterocycles. The fraction of sp³-hybridized carbons (Fsp3) is 0.345. The van der Waals surface area contributed by atoms with Gasteiger partial charge in [0.1, 0.15) is 24.2 Å². The minimum absolute atomic E-state index is 0.00179. The van der Waals surface area contributed by atoms with Crippen molar-refractivity contribution in [2.45, 2.75) is 51.9 Å². The second-order valence-electron chi connectivity index (χ2n) is 10.1. The first kappa shape index (κ1) is 23.8. The number of ketones is 1. The number of halogens is 1. The molecule has 0 spiro atoms. The molecule has 0 radical (unpaired) electrons. The Labute approximate surface area is 220 Å². The van der Waals surface area contributed by atoms with Crippen LogP contribution in [-0.2, 0) is 20.9 Å². The van der Waals surface area contributed by atoms with E-state index in [2.05, 4.69) is 12.1 Å². The van der Waals surface area contributed by atoms with Gasteiger partial charge >= 0.3 is 0 Å². The van der Waals surface area contributed by atoms with E-state index in [1.165, 1.54) is 4.90 Å². The number of anilines is 1. The Morgan fingerprint density at radius 3 is 2.54 bits per heavy atom. The molecule has 4 unspecified atom stereocenters. The molecule has 1 aromatic heterocycles. The van der Waals surface area contributed by atoms with Crippen LogP contribution < -0.4 is 9.64 Å². The molecule has 3 heterocycles. The lowest BCUT2D eigenvalue weighted by molar-refractivity contribution is -0.132. The van der Waals surface area contributed by atoms with Crippen molar-refractivity contribution in [3.8, 4) is 5.75 Å². The van der Waals surface area contributed by atoms with Crippen molar-refractivity contribution in [2.75, 3.05) is 4.90 Å². The Balaban J connectivity index is 1.33. The number of amides is 1. The van der Waals surface area contributed by atoms with Crippen molar-refractivity contribution < 1.29 is 23.6 Å². The van der Waals surface area contributed by atoms with Crippen LogP contribution in [0, 0.1) is 18.8 Å². The average molecular weight is 519 g/mol. The number of aryl methyl sites for hydroxylation is 1. The van der Waals surface area contributed by atoms with E-state index in [-0.39, 0.29) is 29.5 Å². The van der Waals surface area contributed by atoms with Crippen molar-refractivity contribution in [3.05, 3.63) is 87.8 Å². The molecule has 1 amide bonds. The van der Waals surface area contributed by atoms with Gasteiger partial charge in [0, 0.05) is 11.1 Å². The molecule has 8 heteroatoms. The Bertz CT molecular complexity index is 1380. The highest BCUT2D eigenvalue weighted by Crippen LogP contribution is 2.48. The number of aromatic nitrogens is 1. The summed E-state index contributed by atoms with van der Waals surface area (Å²) < 4.78 is 17.5. The molecule has 4 atom stereocenters. The quantitative estimate of drug-likeness (QED) is 0.414. The summed E-state index contributed by atoms with van der Waals surface area (Å²) in [7, 11) is 0. The van der Waals surface area contributed by atoms with Crippen molar-refractivity contribution >= 4 is 29.1 Å². The fourth-order valence-corrected chi connectivity index (χ4v) is 5.72. The van der Waals surface area contributed by atoms with Crippen LogP contribution in [0.15, 0.2) is 70.5 Å². The maximum Gasteiger partial charge on any atom is 0.295 e. The van der Waals surface area contributed by atoms with E-state index in [4.69, 9.17) is 25.6 Å². The van der Waals surface area contributed by atoms with E-state index in [0.717, 1.165) is 30.4 Å². The van der Waals surface area contributed by atoms with Gasteiger partial charge in [-0.05, 0) is 67.5 Å². The third-order valence-electron chi connectivity index (χ3n) is 7.49. The SMILES string of the molecule is Cc1cc(N2C(=O)C3=C(C(=O)C4CC(C)CCC4O3)C2c2ccc(OCc3ccc(Cl)cc3)cc2)no1. The number of carbonyl (C=O) groups excluding carboxylic acids is 2. The van der Waals surface area contributed by atoms with E-state index in [0.29, 0.717) is 40.4 Å². The Kier molecular flexibility index (Phi) is 6.03. The second kappa shape index (κ2) is 9.38. The normalized spacial score (nSPS) is 25.1. The van der Waals surface area contributed by atoms with E-state index < -0.39 is 6.04 Å². The summed E-state index contributed by atoms with van der Waals surface area (Å²) in [5.74, 6) is 1.60. The summed E-state index contributed by atoms with van der Waals surface area (Å²) in [6.45, 7) is 4.33. The molecule has 3 aliphatic rings. The monoisotopic (exact) mass is 518 g/mol. The van der Waals surface area contributed by atoms with Gasteiger partial charge in [-0.1, -0.05) is 47.9 Å². The molecule has 0 N–H and O–H groups in total. The average Bonchev–Trinajstić information content (AvgIpc) is 3.45. The lowest BCUT2D eigenvalue weighted by Gasteiger charge is -2.37. The number of carbonyl (C=O) groups is 2. The van der Waals surface area contributed by atoms with Crippen LogP contribution in [-0.4, -0.2) is 23.0 Å². The molecule has 37 heavy (non-hydrogen) atoms. The first-order valence-electron chi connectivity index (χ1n) is 12.6. The van der Waals surface area contributed by atoms with Gasteiger partial charge in [-0.25, -0.2) is 0 Å². The van der Waals surface area contributed by atoms with Gasteiger partial charge < -0.3 is 14.0 Å². The number of fused-ring (bicyclic) bond motifs is 1. The van der Waals surface area contributed by atoms with Gasteiger partial charge in [-0.2, -0.15) is 0 Å². The molecule has 190 valence electrons. The first-order chi connectivity index (χ1) is 17.9. The van der Waals surface area contributed by atoms with E-state index in [1.54, 1.807) is 13.0 Å². The molecule has 2 aliphatic heterocycles. The number of Topliss-reactive ketones (excluding diaryl/α,β-unsaturated/α-hetero) is 1. The van der Waals surface area contributed by atoms with Crippen LogP contribution in [0.4, 0.5) is 5.82 Å². The zero-order chi connectivity index (χ0) is 25.7. The van der Waals surface area contributed by atoms with Crippen LogP contribution in [0.25, 0.3) is 0 Å². The van der Waals surface area contributed by atoms with E-state index in [1.807, 2.05) is 48.5 Å². The molecule has 6 rings (SSSR count). The number of nitrogens with zero attached hydrogens (tertiary/aromatic N) is 2. The summed E-state index contributed by atoms with van der Waals surface area (Å²) in [6.07, 6.45) is 2.27. The third kappa shape index (κ3) is 4.31. The van der Waals surface area contributed by atoms with Crippen molar-refractivity contribution in [3.63, 3.8) is 0 Å². The minimum atomic E-state index is -0.650. The maximum atomic E-state index is 13.9. The lowest BCUT2D eigenvalue weighted by Crippen LogP contribution is -2.41. The molecule has 1 saturated carbocycles. The number of benzene rings is 2. The lowest BCUT2D eigenvalue weighted by atomic mass is 9.74. The van der Waals surface area contributed by atoms with Crippen molar-refractivity contribution in [1.29, 1.82) is 0 Å². The van der Waals surface area contributed by atoms with Gasteiger partial charge in [0.2, 0.25) is 0 Å². The molecule has 3 aromatic rings. The zero-order valence-electron chi connectivity index (χ0n) is 20.6. The number of hydrogen-bond acceptors (Lipinski definition) is 6. The van der Waals surface area contributed by atoms with Crippen molar-refractivity contribution in [2.24, 2.45) is 11.8 Å². The fourth-order valence-electron chi connectivity index (χ4n) is 5.59. The molecule has 1 aliphatic carbocycles. The van der Waals surface area contributed by atoms with Gasteiger partial charge in [0.15, 0.2) is 17.4 Å². The standard InChI is InChI=1S/C29H27ClN2O5/c1-16-3-12-23-22(13-16)27(33)25-26(32(29(34)28(25)36-23)24-14-17(2)37-31-24)19-6-10-21(11-7-19)35-15-18-4-8-20(30)9-5-18/h4-11,14,16,22-23,26H,3,12-13,15H2,1-2H3. The van der Waals surface area contributed by atoms with Crippen LogP contribution in [0.5, 0.6) is 5.75 Å². The Morgan fingerprint density at radius 2 is 1.84 bits per heavy atom. The Hall–Kier alpha value is -3.58. The number of rotatable bonds is 5. The molecule has 1 fully saturated rings. The summed E-state index contributed by atoms with van der Waals surface area (Å²) in [5, 5.41) is 4.77. The van der Waals surface area contributed by atoms with E-state index >= 15 is 0 Å². The number of ether oxygens (including phenoxy) is 2. The van der Waals surface area contributed by atoms with Crippen LogP contribution >= 0.6 is 11.6 Å². The van der Waals surface area contributed by atoms with Gasteiger partial charge in [-0.3, -0.25) is 14.5 Å². The minimum Gasteiger partial charge on any atom is -0.489 e. The predicted octanol–water partition coefficient (Wildman–Crippen LogP) is 5.96. The van der Waals surface area contributed by atoms with Gasteiger partial charge in [-0.15, -0.1) is 0 Å². The number of hydrogen-bond donors (Lipinski definition) is 0. The third-order valence-corrected chi connectivity index (χ3v) is 7.74. The highest BCUT2D eigenvalue weighted by atomic mass is 35.5. The highest BCUT2D eigenvalue weighted by molar-refractivity contribution is 6.30. The van der Waals surface area contributed by atoms with Crippen LogP contribution in [0.2, 0.25) is 5.02 Å². The van der Waals surface area contributed by atoms with Gasteiger partial charge in [0.05, 0.1) is 17.5 Å². The molecule has 0 bridgehead atoms. The molecular weight excluding hydrogens is 492 g/mol. The Morgan fingerprint density at radius 1 is 1.08 bits per heavy atom. The van der Waals surface area contributed by atoms with Crippen LogP contribution in [0.1, 0.15) is 49.1 Å². The maximum absolute atomic E-state index is 13.9. The highest BCUT2D eigenvalue weighted by Gasteiger charge is 2.53. The molecular formula is C29H27ClN2O5. The van der Waals surface area contributed by atoms with Crippen molar-refractivity contribution in [1.82, 2.24) is 5.16 Å². The molecule has 7 nitrogen and oxygen atoms in total. The zero-order valence-corrected chi connectivity index (χ0v) is 21.4. The summed E-state index contributed by atoms with van der Waals surface area (Å²) in [5.41, 5.74) is 2.19. The topological polar surface area (TPSA) is 81.9 Å². The first-order valence-corrected chi connectivity index (χ1v) is 13.0. The predicted molar refractivity (Wildman–Crippen MR) is 137 cm³/mol. The smallest absolute Gasteiger partial charge is 0.295 e. The summed E-state index contributed by atoms with van der Waals surface area (Å²) in [4.78, 5) is 29.0. The molecule has 2 aromatic carbocycles. The largest absolute Gasteiger partial charge is 0.489 e. The second-order valence-corrected chi connectivity index (χ2v) is 10.6. The summed E-state index contributed by atoms with van der Waals surface area (Å²) >= 11 is 5.96. The van der Waals surface area contributed by atoms with Crippen LogP contribution in [0.3, 0.4) is 0 Å². The van der Waals surface area contributed by atoms with E-state index in [9.17, 15) is 9.59 Å². The summed E-state index contributed by atoms with van der Waals surface area (Å²) in [6, 6.07) is 16.0. The van der Waals surface area contributed by atoms with Gasteiger partial charge in [0.25, 0.3) is 5.91 Å².